The Hall–Kier alpha value is -2.35. The van der Waals surface area contributed by atoms with Crippen LogP contribution in [0.4, 0.5) is 0 Å². The Morgan fingerprint density at radius 1 is 1.33 bits per heavy atom. The number of hydrogen-bond acceptors (Lipinski definition) is 6. The summed E-state index contributed by atoms with van der Waals surface area (Å²) in [5.74, 6) is 2.23. The first-order valence-electron chi connectivity index (χ1n) is 9.30. The van der Waals surface area contributed by atoms with Crippen LogP contribution >= 0.6 is 11.8 Å². The molecule has 142 valence electrons. The van der Waals surface area contributed by atoms with Crippen LogP contribution in [0.2, 0.25) is 0 Å². The Bertz CT molecular complexity index is 916. The van der Waals surface area contributed by atoms with E-state index in [0.29, 0.717) is 29.3 Å². The summed E-state index contributed by atoms with van der Waals surface area (Å²) < 4.78 is 5.34. The van der Waals surface area contributed by atoms with E-state index < -0.39 is 0 Å². The molecule has 0 aliphatic heterocycles. The molecule has 4 rings (SSSR count). The third-order valence-corrected chi connectivity index (χ3v) is 6.02. The van der Waals surface area contributed by atoms with Gasteiger partial charge < -0.3 is 14.4 Å². The van der Waals surface area contributed by atoms with Crippen molar-refractivity contribution in [1.82, 2.24) is 25.0 Å². The summed E-state index contributed by atoms with van der Waals surface area (Å²) in [5, 5.41) is 4.05. The van der Waals surface area contributed by atoms with Crippen molar-refractivity contribution in [3.63, 3.8) is 0 Å². The van der Waals surface area contributed by atoms with Gasteiger partial charge in [0.25, 0.3) is 0 Å². The number of nitrogens with zero attached hydrogens (tertiary/aromatic N) is 4. The monoisotopic (exact) mass is 385 g/mol. The second-order valence-corrected chi connectivity index (χ2v) is 7.92. The van der Waals surface area contributed by atoms with Crippen LogP contribution in [0.3, 0.4) is 0 Å². The fourth-order valence-corrected chi connectivity index (χ4v) is 4.28. The molecule has 0 bridgehead atoms. The summed E-state index contributed by atoms with van der Waals surface area (Å²) in [5.41, 5.74) is 2.71. The molecule has 7 nitrogen and oxygen atoms in total. The molecule has 1 fully saturated rings. The zero-order valence-corrected chi connectivity index (χ0v) is 16.2. The number of carbonyl (C=O) groups excluding carboxylic acids is 1. The number of aromatic nitrogens is 4. The van der Waals surface area contributed by atoms with Gasteiger partial charge in [-0.1, -0.05) is 24.4 Å². The average molecular weight is 385 g/mol. The zero-order chi connectivity index (χ0) is 18.6. The van der Waals surface area contributed by atoms with Crippen LogP contribution in [-0.4, -0.2) is 49.8 Å². The van der Waals surface area contributed by atoms with Crippen molar-refractivity contribution in [2.24, 2.45) is 0 Å². The van der Waals surface area contributed by atoms with Gasteiger partial charge in [-0.3, -0.25) is 4.79 Å². The van der Waals surface area contributed by atoms with E-state index >= 15 is 0 Å². The van der Waals surface area contributed by atoms with Crippen molar-refractivity contribution in [3.05, 3.63) is 30.4 Å². The lowest BCUT2D eigenvalue weighted by Gasteiger charge is -2.31. The van der Waals surface area contributed by atoms with Gasteiger partial charge in [-0.25, -0.2) is 4.98 Å². The number of aromatic amines is 1. The normalized spacial score (nSPS) is 15.3. The van der Waals surface area contributed by atoms with E-state index in [4.69, 9.17) is 4.52 Å². The van der Waals surface area contributed by atoms with Crippen LogP contribution in [0.25, 0.3) is 22.4 Å². The van der Waals surface area contributed by atoms with Crippen molar-refractivity contribution >= 4 is 28.7 Å². The van der Waals surface area contributed by atoms with Gasteiger partial charge in [-0.15, -0.1) is 11.8 Å². The number of fused-ring (bicyclic) bond motifs is 1. The van der Waals surface area contributed by atoms with Gasteiger partial charge in [0, 0.05) is 18.7 Å². The highest BCUT2D eigenvalue weighted by molar-refractivity contribution is 7.99. The molecule has 3 aromatic rings. The van der Waals surface area contributed by atoms with E-state index in [9.17, 15) is 4.79 Å². The Morgan fingerprint density at radius 2 is 2.19 bits per heavy atom. The molecule has 1 aliphatic rings. The van der Waals surface area contributed by atoms with E-state index in [1.54, 1.807) is 6.33 Å². The quantitative estimate of drug-likeness (QED) is 0.697. The molecule has 27 heavy (non-hydrogen) atoms. The summed E-state index contributed by atoms with van der Waals surface area (Å²) in [6, 6.07) is 6.20. The molecule has 1 saturated carbocycles. The van der Waals surface area contributed by atoms with E-state index in [2.05, 4.69) is 20.1 Å². The van der Waals surface area contributed by atoms with Crippen LogP contribution in [0, 0.1) is 0 Å². The first-order chi connectivity index (χ1) is 13.2. The summed E-state index contributed by atoms with van der Waals surface area (Å²) in [4.78, 5) is 26.0. The van der Waals surface area contributed by atoms with Gasteiger partial charge in [0.1, 0.15) is 0 Å². The molecule has 0 saturated heterocycles. The first kappa shape index (κ1) is 18.0. The van der Waals surface area contributed by atoms with E-state index in [0.717, 1.165) is 29.4 Å². The molecular formula is C19H23N5O2S. The number of hydrogen-bond donors (Lipinski definition) is 1. The predicted octanol–water partition coefficient (Wildman–Crippen LogP) is 3.64. The van der Waals surface area contributed by atoms with Gasteiger partial charge >= 0.3 is 0 Å². The highest BCUT2D eigenvalue weighted by Crippen LogP contribution is 2.24. The van der Waals surface area contributed by atoms with Crippen molar-refractivity contribution in [1.29, 1.82) is 0 Å². The smallest absolute Gasteiger partial charge is 0.236 e. The number of amides is 1. The third kappa shape index (κ3) is 4.16. The van der Waals surface area contributed by atoms with Gasteiger partial charge in [-0.05, 0) is 31.0 Å². The molecule has 2 aromatic heterocycles. The van der Waals surface area contributed by atoms with Crippen molar-refractivity contribution in [2.75, 3.05) is 12.8 Å². The lowest BCUT2D eigenvalue weighted by molar-refractivity contribution is -0.129. The van der Waals surface area contributed by atoms with Crippen molar-refractivity contribution in [3.8, 4) is 11.4 Å². The number of imidazole rings is 1. The summed E-state index contributed by atoms with van der Waals surface area (Å²) in [7, 11) is 1.93. The number of benzene rings is 1. The highest BCUT2D eigenvalue weighted by atomic mass is 32.2. The molecule has 0 spiro atoms. The van der Waals surface area contributed by atoms with Crippen LogP contribution in [0.1, 0.15) is 38.0 Å². The molecule has 0 radical (unpaired) electrons. The van der Waals surface area contributed by atoms with Crippen LogP contribution in [0.5, 0.6) is 0 Å². The SMILES string of the molecule is CN(C(=O)CSCc1nc(-c2ccc3nc[nH]c3c2)no1)C1CCCCC1. The number of H-pyrrole nitrogens is 1. The first-order valence-corrected chi connectivity index (χ1v) is 10.5. The summed E-state index contributed by atoms with van der Waals surface area (Å²) >= 11 is 1.52. The highest BCUT2D eigenvalue weighted by Gasteiger charge is 2.22. The average Bonchev–Trinajstić information content (AvgIpc) is 3.36. The minimum Gasteiger partial charge on any atom is -0.345 e. The van der Waals surface area contributed by atoms with Crippen LogP contribution in [0.15, 0.2) is 29.0 Å². The fraction of sp³-hybridized carbons (Fsp3) is 0.474. The van der Waals surface area contributed by atoms with Gasteiger partial charge in [0.05, 0.1) is 28.9 Å². The third-order valence-electron chi connectivity index (χ3n) is 5.11. The number of carbonyl (C=O) groups is 1. The molecule has 1 aliphatic carbocycles. The van der Waals surface area contributed by atoms with Gasteiger partial charge in [0.2, 0.25) is 17.6 Å². The Labute approximate surface area is 161 Å². The molecule has 1 N–H and O–H groups in total. The van der Waals surface area contributed by atoms with E-state index in [-0.39, 0.29) is 5.91 Å². The molecule has 0 unspecified atom stereocenters. The largest absolute Gasteiger partial charge is 0.345 e. The lowest BCUT2D eigenvalue weighted by atomic mass is 9.94. The second-order valence-electron chi connectivity index (χ2n) is 6.94. The Balaban J connectivity index is 1.31. The molecule has 0 atom stereocenters. The van der Waals surface area contributed by atoms with E-state index in [1.165, 1.54) is 31.0 Å². The lowest BCUT2D eigenvalue weighted by Crippen LogP contribution is -2.39. The molecular weight excluding hydrogens is 362 g/mol. The fourth-order valence-electron chi connectivity index (χ4n) is 3.50. The molecule has 8 heteroatoms. The zero-order valence-electron chi connectivity index (χ0n) is 15.4. The number of rotatable bonds is 6. The van der Waals surface area contributed by atoms with Gasteiger partial charge in [-0.2, -0.15) is 4.98 Å². The maximum Gasteiger partial charge on any atom is 0.236 e. The molecule has 2 heterocycles. The van der Waals surface area contributed by atoms with Crippen molar-refractivity contribution < 1.29 is 9.32 Å². The van der Waals surface area contributed by atoms with Crippen LogP contribution < -0.4 is 0 Å². The van der Waals surface area contributed by atoms with Crippen molar-refractivity contribution in [2.45, 2.75) is 43.9 Å². The number of thioether (sulfide) groups is 1. The molecule has 1 aromatic carbocycles. The summed E-state index contributed by atoms with van der Waals surface area (Å²) in [6.07, 6.45) is 7.66. The van der Waals surface area contributed by atoms with E-state index in [1.807, 2.05) is 30.1 Å². The standard InChI is InChI=1S/C19H23N5O2S/c1-24(14-5-3-2-4-6-14)18(25)11-27-10-17-22-19(23-26-17)13-7-8-15-16(9-13)21-12-20-15/h7-9,12,14H,2-6,10-11H2,1H3,(H,20,21). The molecule has 1 amide bonds. The topological polar surface area (TPSA) is 87.9 Å². The van der Waals surface area contributed by atoms with Gasteiger partial charge in [0.15, 0.2) is 0 Å². The summed E-state index contributed by atoms with van der Waals surface area (Å²) in [6.45, 7) is 0. The Morgan fingerprint density at radius 3 is 3.04 bits per heavy atom. The maximum atomic E-state index is 12.4. The minimum atomic E-state index is 0.177. The minimum absolute atomic E-state index is 0.177. The van der Waals surface area contributed by atoms with Crippen LogP contribution in [-0.2, 0) is 10.5 Å². The second kappa shape index (κ2) is 8.12. The number of nitrogens with one attached hydrogen (secondary N) is 1. The predicted molar refractivity (Wildman–Crippen MR) is 105 cm³/mol. The Kier molecular flexibility index (Phi) is 5.42. The maximum absolute atomic E-state index is 12.4.